The highest BCUT2D eigenvalue weighted by molar-refractivity contribution is 7.15. The largest absolute Gasteiger partial charge is 0.383 e. The third kappa shape index (κ3) is 4.41. The number of rotatable bonds is 7. The summed E-state index contributed by atoms with van der Waals surface area (Å²) in [6.07, 6.45) is 3.11. The number of carbonyl (C=O) groups excluding carboxylic acids is 1. The Balaban J connectivity index is 1.56. The molecule has 1 amide bonds. The first-order chi connectivity index (χ1) is 11.8. The van der Waals surface area contributed by atoms with E-state index in [2.05, 4.69) is 45.9 Å². The molecule has 1 atom stereocenters. The summed E-state index contributed by atoms with van der Waals surface area (Å²) in [4.78, 5) is 17.8. The maximum absolute atomic E-state index is 11.9. The highest BCUT2D eigenvalue weighted by Gasteiger charge is 2.24. The maximum Gasteiger partial charge on any atom is 0.240 e. The van der Waals surface area contributed by atoms with E-state index in [0.29, 0.717) is 24.2 Å². The molecule has 1 aromatic carbocycles. The molecule has 1 aliphatic rings. The summed E-state index contributed by atoms with van der Waals surface area (Å²) in [7, 11) is 1.64. The summed E-state index contributed by atoms with van der Waals surface area (Å²) >= 11 is 1.61. The minimum atomic E-state index is -0.0585. The van der Waals surface area contributed by atoms with Crippen molar-refractivity contribution in [2.45, 2.75) is 25.2 Å². The Morgan fingerprint density at radius 2 is 2.21 bits per heavy atom. The molecule has 1 heterocycles. The van der Waals surface area contributed by atoms with Crippen molar-refractivity contribution >= 4 is 22.4 Å². The van der Waals surface area contributed by atoms with Gasteiger partial charge in [0.1, 0.15) is 0 Å². The van der Waals surface area contributed by atoms with Gasteiger partial charge >= 0.3 is 0 Å². The molecule has 0 radical (unpaired) electrons. The van der Waals surface area contributed by atoms with E-state index in [1.165, 1.54) is 10.4 Å². The highest BCUT2D eigenvalue weighted by atomic mass is 32.1. The number of thiazole rings is 1. The van der Waals surface area contributed by atoms with Crippen LogP contribution in [0.25, 0.3) is 0 Å². The molecule has 6 heteroatoms. The van der Waals surface area contributed by atoms with Crippen LogP contribution in [0.5, 0.6) is 0 Å². The lowest BCUT2D eigenvalue weighted by atomic mass is 9.85. The van der Waals surface area contributed by atoms with Crippen molar-refractivity contribution in [3.05, 3.63) is 46.5 Å². The highest BCUT2D eigenvalue weighted by Crippen LogP contribution is 2.36. The molecule has 128 valence electrons. The fourth-order valence-electron chi connectivity index (χ4n) is 2.98. The monoisotopic (exact) mass is 345 g/mol. The van der Waals surface area contributed by atoms with Gasteiger partial charge < -0.3 is 15.4 Å². The van der Waals surface area contributed by atoms with E-state index >= 15 is 0 Å². The Kier molecular flexibility index (Phi) is 5.96. The van der Waals surface area contributed by atoms with Crippen molar-refractivity contribution < 1.29 is 9.53 Å². The third-order valence-electron chi connectivity index (χ3n) is 4.23. The SMILES string of the molecule is COCCNCC(=O)Nc1nc2c(s1)CC(c1ccccc1)CC2. The Morgan fingerprint density at radius 1 is 1.38 bits per heavy atom. The molecular weight excluding hydrogens is 322 g/mol. The van der Waals surface area contributed by atoms with Gasteiger partial charge in [0, 0.05) is 18.5 Å². The summed E-state index contributed by atoms with van der Waals surface area (Å²) in [6.45, 7) is 1.54. The van der Waals surface area contributed by atoms with Crippen LogP contribution in [0, 0.1) is 0 Å². The second kappa shape index (κ2) is 8.37. The van der Waals surface area contributed by atoms with Gasteiger partial charge in [-0.15, -0.1) is 11.3 Å². The predicted molar refractivity (Wildman–Crippen MR) is 96.7 cm³/mol. The van der Waals surface area contributed by atoms with Gasteiger partial charge in [-0.05, 0) is 30.7 Å². The standard InChI is InChI=1S/C18H23N3O2S/c1-23-10-9-19-12-17(22)21-18-20-15-8-7-14(11-16(15)24-18)13-5-3-2-4-6-13/h2-6,14,19H,7-12H2,1H3,(H,20,21,22). The van der Waals surface area contributed by atoms with Crippen LogP contribution in [0.4, 0.5) is 5.13 Å². The molecule has 2 aromatic rings. The third-order valence-corrected chi connectivity index (χ3v) is 5.26. The number of benzene rings is 1. The molecule has 2 N–H and O–H groups in total. The molecule has 1 aliphatic carbocycles. The fourth-order valence-corrected chi connectivity index (χ4v) is 4.08. The number of amides is 1. The quantitative estimate of drug-likeness (QED) is 0.757. The molecule has 1 unspecified atom stereocenters. The molecule has 3 rings (SSSR count). The number of fused-ring (bicyclic) bond motifs is 1. The first kappa shape index (κ1) is 17.1. The molecule has 1 aromatic heterocycles. The van der Waals surface area contributed by atoms with Crippen LogP contribution in [0.1, 0.15) is 28.5 Å². The number of methoxy groups -OCH3 is 1. The Hall–Kier alpha value is -1.76. The predicted octanol–water partition coefficient (Wildman–Crippen LogP) is 2.59. The molecule has 0 saturated heterocycles. The summed E-state index contributed by atoms with van der Waals surface area (Å²) in [5, 5.41) is 6.65. The lowest BCUT2D eigenvalue weighted by molar-refractivity contribution is -0.115. The van der Waals surface area contributed by atoms with Gasteiger partial charge in [0.15, 0.2) is 5.13 Å². The van der Waals surface area contributed by atoms with Crippen molar-refractivity contribution in [3.8, 4) is 0 Å². The molecular formula is C18H23N3O2S. The van der Waals surface area contributed by atoms with Crippen LogP contribution in [-0.2, 0) is 22.4 Å². The maximum atomic E-state index is 11.9. The Morgan fingerprint density at radius 3 is 3.00 bits per heavy atom. The molecule has 0 aliphatic heterocycles. The van der Waals surface area contributed by atoms with Crippen LogP contribution in [0.2, 0.25) is 0 Å². The van der Waals surface area contributed by atoms with Crippen molar-refractivity contribution in [1.29, 1.82) is 0 Å². The molecule has 0 saturated carbocycles. The van der Waals surface area contributed by atoms with Gasteiger partial charge in [-0.25, -0.2) is 4.98 Å². The zero-order valence-electron chi connectivity index (χ0n) is 13.9. The molecule has 0 bridgehead atoms. The number of aromatic nitrogens is 1. The van der Waals surface area contributed by atoms with E-state index in [1.54, 1.807) is 18.4 Å². The second-order valence-electron chi connectivity index (χ2n) is 5.96. The molecule has 5 nitrogen and oxygen atoms in total. The summed E-state index contributed by atoms with van der Waals surface area (Å²) in [5.41, 5.74) is 2.54. The summed E-state index contributed by atoms with van der Waals surface area (Å²) in [6, 6.07) is 10.6. The number of hydrogen-bond donors (Lipinski definition) is 2. The van der Waals surface area contributed by atoms with E-state index in [0.717, 1.165) is 25.0 Å². The number of nitrogens with one attached hydrogen (secondary N) is 2. The number of ether oxygens (including phenoxy) is 1. The zero-order valence-corrected chi connectivity index (χ0v) is 14.7. The van der Waals surface area contributed by atoms with Gasteiger partial charge in [0.2, 0.25) is 5.91 Å². The van der Waals surface area contributed by atoms with Gasteiger partial charge in [-0.3, -0.25) is 4.79 Å². The minimum Gasteiger partial charge on any atom is -0.383 e. The van der Waals surface area contributed by atoms with E-state index in [9.17, 15) is 4.79 Å². The van der Waals surface area contributed by atoms with Crippen molar-refractivity contribution in [2.24, 2.45) is 0 Å². The van der Waals surface area contributed by atoms with Crippen LogP contribution in [0.3, 0.4) is 0 Å². The van der Waals surface area contributed by atoms with Gasteiger partial charge in [0.05, 0.1) is 18.8 Å². The second-order valence-corrected chi connectivity index (χ2v) is 7.04. The van der Waals surface area contributed by atoms with E-state index in [-0.39, 0.29) is 12.5 Å². The first-order valence-corrected chi connectivity index (χ1v) is 9.11. The van der Waals surface area contributed by atoms with E-state index < -0.39 is 0 Å². The van der Waals surface area contributed by atoms with Gasteiger partial charge in [0.25, 0.3) is 0 Å². The summed E-state index contributed by atoms with van der Waals surface area (Å²) < 4.78 is 4.94. The number of carbonyl (C=O) groups is 1. The van der Waals surface area contributed by atoms with Crippen molar-refractivity contribution in [2.75, 3.05) is 32.1 Å². The first-order valence-electron chi connectivity index (χ1n) is 8.29. The van der Waals surface area contributed by atoms with Crippen LogP contribution in [-0.4, -0.2) is 37.7 Å². The van der Waals surface area contributed by atoms with Crippen LogP contribution in [0.15, 0.2) is 30.3 Å². The number of aryl methyl sites for hydroxylation is 1. The van der Waals surface area contributed by atoms with Gasteiger partial charge in [-0.1, -0.05) is 30.3 Å². The van der Waals surface area contributed by atoms with E-state index in [1.807, 2.05) is 0 Å². The lowest BCUT2D eigenvalue weighted by Crippen LogP contribution is -2.30. The van der Waals surface area contributed by atoms with E-state index in [4.69, 9.17) is 4.74 Å². The Bertz CT molecular complexity index is 672. The van der Waals surface area contributed by atoms with Crippen molar-refractivity contribution in [1.82, 2.24) is 10.3 Å². The number of hydrogen-bond acceptors (Lipinski definition) is 5. The van der Waals surface area contributed by atoms with Crippen LogP contribution >= 0.6 is 11.3 Å². The van der Waals surface area contributed by atoms with Gasteiger partial charge in [-0.2, -0.15) is 0 Å². The average molecular weight is 345 g/mol. The number of anilines is 1. The Labute approximate surface area is 146 Å². The average Bonchev–Trinajstić information content (AvgIpc) is 3.00. The fraction of sp³-hybridized carbons (Fsp3) is 0.444. The zero-order chi connectivity index (χ0) is 16.8. The normalized spacial score (nSPS) is 16.6. The minimum absolute atomic E-state index is 0.0585. The topological polar surface area (TPSA) is 63.2 Å². The molecule has 0 fully saturated rings. The van der Waals surface area contributed by atoms with Crippen molar-refractivity contribution in [3.63, 3.8) is 0 Å². The summed E-state index contributed by atoms with van der Waals surface area (Å²) in [5.74, 6) is 0.496. The smallest absolute Gasteiger partial charge is 0.240 e. The molecule has 24 heavy (non-hydrogen) atoms. The van der Waals surface area contributed by atoms with Crippen LogP contribution < -0.4 is 10.6 Å². The lowest BCUT2D eigenvalue weighted by Gasteiger charge is -2.21. The molecule has 0 spiro atoms. The number of nitrogens with zero attached hydrogens (tertiary/aromatic N) is 1.